The maximum atomic E-state index is 12.3. The lowest BCUT2D eigenvalue weighted by molar-refractivity contribution is -0.384. The van der Waals surface area contributed by atoms with Crippen LogP contribution in [0.5, 0.6) is 0 Å². The van der Waals surface area contributed by atoms with Crippen LogP contribution in [0.2, 0.25) is 0 Å². The first-order chi connectivity index (χ1) is 15.1. The molecule has 160 valence electrons. The number of hydrogen-bond donors (Lipinski definition) is 1. The molecular weight excluding hydrogens is 416 g/mol. The van der Waals surface area contributed by atoms with E-state index in [0.717, 1.165) is 25.1 Å². The van der Waals surface area contributed by atoms with Crippen molar-refractivity contribution in [2.75, 3.05) is 18.9 Å². The summed E-state index contributed by atoms with van der Waals surface area (Å²) in [7, 11) is 0. The fourth-order valence-corrected chi connectivity index (χ4v) is 4.19. The first-order valence-electron chi connectivity index (χ1n) is 10.0. The van der Waals surface area contributed by atoms with Crippen molar-refractivity contribution in [3.05, 3.63) is 70.9 Å². The summed E-state index contributed by atoms with van der Waals surface area (Å²) in [4.78, 5) is 27.7. The summed E-state index contributed by atoms with van der Waals surface area (Å²) in [6, 6.07) is 16.0. The van der Waals surface area contributed by atoms with Gasteiger partial charge in [0.05, 0.1) is 22.5 Å². The maximum absolute atomic E-state index is 12.3. The molecule has 0 radical (unpaired) electrons. The Hall–Kier alpha value is -3.17. The van der Waals surface area contributed by atoms with Crippen LogP contribution in [-0.2, 0) is 9.53 Å². The van der Waals surface area contributed by atoms with E-state index in [-0.39, 0.29) is 23.5 Å². The molecule has 1 saturated heterocycles. The molecule has 4 rings (SSSR count). The van der Waals surface area contributed by atoms with Gasteiger partial charge < -0.3 is 10.1 Å². The van der Waals surface area contributed by atoms with Crippen molar-refractivity contribution in [2.45, 2.75) is 24.1 Å². The average molecular weight is 439 g/mol. The fourth-order valence-electron chi connectivity index (χ4n) is 3.37. The molecule has 0 saturated carbocycles. The van der Waals surface area contributed by atoms with Crippen molar-refractivity contribution >= 4 is 23.4 Å². The lowest BCUT2D eigenvalue weighted by Crippen LogP contribution is -2.32. The number of nitrogens with one attached hydrogen (secondary N) is 1. The summed E-state index contributed by atoms with van der Waals surface area (Å²) < 4.78 is 7.43. The van der Waals surface area contributed by atoms with Gasteiger partial charge in [-0.15, -0.1) is 0 Å². The van der Waals surface area contributed by atoms with Gasteiger partial charge in [-0.25, -0.2) is 4.98 Å². The maximum Gasteiger partial charge on any atom is 0.270 e. The van der Waals surface area contributed by atoms with Crippen molar-refractivity contribution in [3.63, 3.8) is 0 Å². The number of amides is 1. The van der Waals surface area contributed by atoms with Crippen LogP contribution in [0.3, 0.4) is 0 Å². The number of aromatic nitrogens is 2. The van der Waals surface area contributed by atoms with E-state index < -0.39 is 4.92 Å². The van der Waals surface area contributed by atoms with Crippen molar-refractivity contribution in [1.82, 2.24) is 14.9 Å². The molecule has 3 aromatic rings. The number of carbonyl (C=O) groups is 1. The van der Waals surface area contributed by atoms with Gasteiger partial charge in [-0.1, -0.05) is 42.1 Å². The second-order valence-corrected chi connectivity index (χ2v) is 8.09. The Morgan fingerprint density at radius 1 is 1.26 bits per heavy atom. The van der Waals surface area contributed by atoms with E-state index in [0.29, 0.717) is 23.0 Å². The van der Waals surface area contributed by atoms with Crippen LogP contribution in [-0.4, -0.2) is 45.4 Å². The van der Waals surface area contributed by atoms with Crippen LogP contribution in [0.15, 0.2) is 66.0 Å². The molecular formula is C22H22N4O4S. The van der Waals surface area contributed by atoms with Crippen LogP contribution in [0.4, 0.5) is 5.69 Å². The van der Waals surface area contributed by atoms with Crippen molar-refractivity contribution in [3.8, 4) is 16.9 Å². The molecule has 1 aliphatic rings. The Morgan fingerprint density at radius 3 is 2.84 bits per heavy atom. The number of hydrogen-bond acceptors (Lipinski definition) is 6. The Morgan fingerprint density at radius 2 is 2.10 bits per heavy atom. The van der Waals surface area contributed by atoms with Gasteiger partial charge in [-0.2, -0.15) is 0 Å². The molecule has 0 spiro atoms. The minimum Gasteiger partial charge on any atom is -0.376 e. The molecule has 1 N–H and O–H groups in total. The summed E-state index contributed by atoms with van der Waals surface area (Å²) in [6.45, 7) is 1.27. The van der Waals surface area contributed by atoms with Crippen LogP contribution >= 0.6 is 11.8 Å². The zero-order valence-electron chi connectivity index (χ0n) is 16.8. The number of carbonyl (C=O) groups excluding carboxylic acids is 1. The summed E-state index contributed by atoms with van der Waals surface area (Å²) in [5.74, 6) is 0.130. The highest BCUT2D eigenvalue weighted by Gasteiger charge is 2.18. The van der Waals surface area contributed by atoms with E-state index in [1.165, 1.54) is 23.9 Å². The molecule has 2 aromatic carbocycles. The Labute approximate surface area is 183 Å². The number of rotatable bonds is 8. The van der Waals surface area contributed by atoms with E-state index in [4.69, 9.17) is 4.74 Å². The van der Waals surface area contributed by atoms with Gasteiger partial charge in [0.2, 0.25) is 5.91 Å². The SMILES string of the molecule is O=C(CSc1nc(-c2cccc([N+](=O)[O-])c2)cn1-c1ccccc1)NCC1CCCO1. The third-order valence-corrected chi connectivity index (χ3v) is 5.90. The quantitative estimate of drug-likeness (QED) is 0.326. The van der Waals surface area contributed by atoms with Crippen molar-refractivity contribution in [1.29, 1.82) is 0 Å². The molecule has 9 heteroatoms. The van der Waals surface area contributed by atoms with Gasteiger partial charge in [0, 0.05) is 42.7 Å². The normalized spacial score (nSPS) is 15.7. The number of para-hydroxylation sites is 1. The molecule has 1 atom stereocenters. The molecule has 1 aliphatic heterocycles. The predicted octanol–water partition coefficient (Wildman–Crippen LogP) is 3.83. The van der Waals surface area contributed by atoms with Gasteiger partial charge in [0.25, 0.3) is 5.69 Å². The number of nitrogens with zero attached hydrogens (tertiary/aromatic N) is 3. The molecule has 1 amide bonds. The average Bonchev–Trinajstić information content (AvgIpc) is 3.47. The monoisotopic (exact) mass is 438 g/mol. The summed E-state index contributed by atoms with van der Waals surface area (Å²) in [5.41, 5.74) is 2.16. The van der Waals surface area contributed by atoms with E-state index >= 15 is 0 Å². The summed E-state index contributed by atoms with van der Waals surface area (Å²) in [5, 5.41) is 14.7. The highest BCUT2D eigenvalue weighted by Crippen LogP contribution is 2.29. The van der Waals surface area contributed by atoms with E-state index in [2.05, 4.69) is 10.3 Å². The third-order valence-electron chi connectivity index (χ3n) is 4.94. The second-order valence-electron chi connectivity index (χ2n) is 7.15. The van der Waals surface area contributed by atoms with Gasteiger partial charge >= 0.3 is 0 Å². The number of benzene rings is 2. The number of nitro groups is 1. The zero-order chi connectivity index (χ0) is 21.6. The summed E-state index contributed by atoms with van der Waals surface area (Å²) >= 11 is 1.32. The Kier molecular flexibility index (Phi) is 6.63. The molecule has 1 fully saturated rings. The number of ether oxygens (including phenoxy) is 1. The third kappa shape index (κ3) is 5.31. The van der Waals surface area contributed by atoms with Gasteiger partial charge in [0.1, 0.15) is 0 Å². The zero-order valence-corrected chi connectivity index (χ0v) is 17.6. The number of nitro benzene ring substituents is 1. The summed E-state index contributed by atoms with van der Waals surface area (Å²) in [6.07, 6.45) is 3.93. The van der Waals surface area contributed by atoms with E-state index in [9.17, 15) is 14.9 Å². The minimum absolute atomic E-state index is 0.00877. The molecule has 1 unspecified atom stereocenters. The lowest BCUT2D eigenvalue weighted by Gasteiger charge is -2.11. The highest BCUT2D eigenvalue weighted by atomic mass is 32.2. The molecule has 8 nitrogen and oxygen atoms in total. The van der Waals surface area contributed by atoms with Crippen LogP contribution in [0.25, 0.3) is 16.9 Å². The topological polar surface area (TPSA) is 99.3 Å². The molecule has 0 bridgehead atoms. The van der Waals surface area contributed by atoms with Gasteiger partial charge in [-0.05, 0) is 25.0 Å². The standard InChI is InChI=1S/C22H22N4O4S/c27-21(23-13-19-10-5-11-30-19)15-31-22-24-20(14-25(22)17-7-2-1-3-8-17)16-6-4-9-18(12-16)26(28)29/h1-4,6-9,12,14,19H,5,10-11,13,15H2,(H,23,27). The minimum atomic E-state index is -0.425. The number of non-ortho nitro benzene ring substituents is 1. The van der Waals surface area contributed by atoms with Gasteiger partial charge in [0.15, 0.2) is 5.16 Å². The molecule has 31 heavy (non-hydrogen) atoms. The molecule has 1 aromatic heterocycles. The molecule has 0 aliphatic carbocycles. The van der Waals surface area contributed by atoms with Crippen LogP contribution in [0.1, 0.15) is 12.8 Å². The largest absolute Gasteiger partial charge is 0.376 e. The second kappa shape index (κ2) is 9.76. The lowest BCUT2D eigenvalue weighted by atomic mass is 10.1. The number of thioether (sulfide) groups is 1. The first kappa shape index (κ1) is 21.1. The molecule has 2 heterocycles. The fraction of sp³-hybridized carbons (Fsp3) is 0.273. The van der Waals surface area contributed by atoms with Crippen molar-refractivity contribution in [2.24, 2.45) is 0 Å². The Balaban J connectivity index is 1.53. The first-order valence-corrected chi connectivity index (χ1v) is 11.0. The van der Waals surface area contributed by atoms with Crippen molar-refractivity contribution < 1.29 is 14.5 Å². The predicted molar refractivity (Wildman–Crippen MR) is 118 cm³/mol. The van der Waals surface area contributed by atoms with Crippen LogP contribution in [0, 0.1) is 10.1 Å². The van der Waals surface area contributed by atoms with E-state index in [1.54, 1.807) is 12.1 Å². The van der Waals surface area contributed by atoms with Crippen LogP contribution < -0.4 is 5.32 Å². The smallest absolute Gasteiger partial charge is 0.270 e. The van der Waals surface area contributed by atoms with Gasteiger partial charge in [-0.3, -0.25) is 19.5 Å². The Bertz CT molecular complexity index is 1060. The number of imidazole rings is 1. The van der Waals surface area contributed by atoms with E-state index in [1.807, 2.05) is 41.1 Å². The highest BCUT2D eigenvalue weighted by molar-refractivity contribution is 7.99.